The fraction of sp³-hybridized carbons (Fsp3) is 0.188. The second-order valence-corrected chi connectivity index (χ2v) is 5.87. The first kappa shape index (κ1) is 15.9. The minimum atomic E-state index is -0.312. The van der Waals surface area contributed by atoms with Crippen molar-refractivity contribution in [1.29, 1.82) is 0 Å². The molecular formula is C16H13Cl2NO4. The lowest BCUT2D eigenvalue weighted by molar-refractivity contribution is 0.0976. The minimum absolute atomic E-state index is 0.0124. The van der Waals surface area contributed by atoms with E-state index in [9.17, 15) is 15.0 Å². The predicted octanol–water partition coefficient (Wildman–Crippen LogP) is 3.23. The Hall–Kier alpha value is -1.95. The molecule has 1 amide bonds. The summed E-state index contributed by atoms with van der Waals surface area (Å²) in [6.07, 6.45) is 0. The SMILES string of the molecule is O=C(c1cc(Cl)c(O)c(Cl)c1)N1CCOc2ccc(CO)cc21. The van der Waals surface area contributed by atoms with Crippen LogP contribution in [-0.4, -0.2) is 29.3 Å². The van der Waals surface area contributed by atoms with Gasteiger partial charge in [0, 0.05) is 5.56 Å². The smallest absolute Gasteiger partial charge is 0.258 e. The van der Waals surface area contributed by atoms with E-state index in [0.717, 1.165) is 0 Å². The maximum absolute atomic E-state index is 12.8. The zero-order valence-electron chi connectivity index (χ0n) is 11.9. The Morgan fingerprint density at radius 2 is 1.91 bits per heavy atom. The number of rotatable bonds is 2. The summed E-state index contributed by atoms with van der Waals surface area (Å²) < 4.78 is 5.54. The molecule has 0 unspecified atom stereocenters. The molecule has 5 nitrogen and oxygen atoms in total. The molecule has 7 heteroatoms. The highest BCUT2D eigenvalue weighted by molar-refractivity contribution is 6.37. The third-order valence-corrected chi connectivity index (χ3v) is 4.15. The number of anilines is 1. The number of amides is 1. The van der Waals surface area contributed by atoms with Gasteiger partial charge in [-0.2, -0.15) is 0 Å². The number of phenolic OH excluding ortho intramolecular Hbond substituents is 1. The number of halogens is 2. The summed E-state index contributed by atoms with van der Waals surface area (Å²) in [4.78, 5) is 14.3. The van der Waals surface area contributed by atoms with Gasteiger partial charge in [0.15, 0.2) is 5.75 Å². The van der Waals surface area contributed by atoms with Crippen molar-refractivity contribution in [2.24, 2.45) is 0 Å². The van der Waals surface area contributed by atoms with Gasteiger partial charge in [0.05, 0.1) is 28.9 Å². The molecule has 120 valence electrons. The minimum Gasteiger partial charge on any atom is -0.505 e. The number of aromatic hydroxyl groups is 1. The van der Waals surface area contributed by atoms with Crippen molar-refractivity contribution in [3.63, 3.8) is 0 Å². The second-order valence-electron chi connectivity index (χ2n) is 5.05. The number of phenols is 1. The number of benzene rings is 2. The van der Waals surface area contributed by atoms with E-state index in [1.807, 2.05) is 0 Å². The lowest BCUT2D eigenvalue weighted by Crippen LogP contribution is -2.38. The molecule has 0 spiro atoms. The van der Waals surface area contributed by atoms with Crippen molar-refractivity contribution >= 4 is 34.8 Å². The van der Waals surface area contributed by atoms with Gasteiger partial charge < -0.3 is 19.8 Å². The Labute approximate surface area is 142 Å². The highest BCUT2D eigenvalue weighted by Gasteiger charge is 2.26. The van der Waals surface area contributed by atoms with Crippen LogP contribution in [0.1, 0.15) is 15.9 Å². The van der Waals surface area contributed by atoms with Crippen molar-refractivity contribution in [2.75, 3.05) is 18.1 Å². The molecule has 2 aromatic carbocycles. The molecule has 1 aliphatic heterocycles. The Balaban J connectivity index is 2.02. The summed E-state index contributed by atoms with van der Waals surface area (Å²) in [5.41, 5.74) is 1.52. The van der Waals surface area contributed by atoms with Crippen LogP contribution in [0.15, 0.2) is 30.3 Å². The molecule has 3 rings (SSSR count). The van der Waals surface area contributed by atoms with Gasteiger partial charge in [0.1, 0.15) is 12.4 Å². The highest BCUT2D eigenvalue weighted by atomic mass is 35.5. The van der Waals surface area contributed by atoms with E-state index in [1.54, 1.807) is 18.2 Å². The fourth-order valence-corrected chi connectivity index (χ4v) is 2.90. The van der Waals surface area contributed by atoms with E-state index in [4.69, 9.17) is 27.9 Å². The molecule has 0 atom stereocenters. The summed E-state index contributed by atoms with van der Waals surface area (Å²) in [7, 11) is 0. The molecule has 0 fully saturated rings. The largest absolute Gasteiger partial charge is 0.505 e. The first-order valence-corrected chi connectivity index (χ1v) is 7.63. The van der Waals surface area contributed by atoms with Crippen LogP contribution in [0.5, 0.6) is 11.5 Å². The number of ether oxygens (including phenoxy) is 1. The molecule has 1 heterocycles. The molecule has 1 aliphatic rings. The van der Waals surface area contributed by atoms with Crippen molar-refractivity contribution in [3.8, 4) is 11.5 Å². The molecule has 0 aromatic heterocycles. The number of aliphatic hydroxyl groups excluding tert-OH is 1. The number of carbonyl (C=O) groups excluding carboxylic acids is 1. The molecule has 0 bridgehead atoms. The van der Waals surface area contributed by atoms with Crippen LogP contribution in [0.3, 0.4) is 0 Å². The molecule has 0 saturated carbocycles. The van der Waals surface area contributed by atoms with Crippen LogP contribution in [0.25, 0.3) is 0 Å². The molecule has 0 radical (unpaired) electrons. The third kappa shape index (κ3) is 2.95. The number of carbonyl (C=O) groups is 1. The molecule has 2 aromatic rings. The Morgan fingerprint density at radius 3 is 2.57 bits per heavy atom. The lowest BCUT2D eigenvalue weighted by atomic mass is 10.1. The first-order valence-electron chi connectivity index (χ1n) is 6.87. The quantitative estimate of drug-likeness (QED) is 0.869. The monoisotopic (exact) mass is 353 g/mol. The summed E-state index contributed by atoms with van der Waals surface area (Å²) in [5.74, 6) is 0.000963. The normalized spacial score (nSPS) is 13.4. The van der Waals surface area contributed by atoms with Gasteiger partial charge in [-0.05, 0) is 29.8 Å². The van der Waals surface area contributed by atoms with Gasteiger partial charge >= 0.3 is 0 Å². The Kier molecular flexibility index (Phi) is 4.35. The van der Waals surface area contributed by atoms with E-state index in [1.165, 1.54) is 17.0 Å². The number of nitrogens with zero attached hydrogens (tertiary/aromatic N) is 1. The topological polar surface area (TPSA) is 70.0 Å². The zero-order chi connectivity index (χ0) is 16.6. The second kappa shape index (κ2) is 6.28. The van der Waals surface area contributed by atoms with Crippen molar-refractivity contribution in [1.82, 2.24) is 0 Å². The first-order chi connectivity index (χ1) is 11.0. The van der Waals surface area contributed by atoms with Crippen LogP contribution < -0.4 is 9.64 Å². The van der Waals surface area contributed by atoms with Crippen LogP contribution in [0, 0.1) is 0 Å². The van der Waals surface area contributed by atoms with Gasteiger partial charge in [-0.1, -0.05) is 29.3 Å². The van der Waals surface area contributed by atoms with Crippen molar-refractivity contribution in [3.05, 3.63) is 51.5 Å². The highest BCUT2D eigenvalue weighted by Crippen LogP contribution is 2.36. The number of aliphatic hydroxyl groups is 1. The van der Waals surface area contributed by atoms with Crippen molar-refractivity contribution < 1.29 is 19.7 Å². The maximum atomic E-state index is 12.8. The fourth-order valence-electron chi connectivity index (χ4n) is 2.42. The Bertz CT molecular complexity index is 756. The van der Waals surface area contributed by atoms with Gasteiger partial charge in [-0.15, -0.1) is 0 Å². The van der Waals surface area contributed by atoms with Crippen LogP contribution in [0.4, 0.5) is 5.69 Å². The predicted molar refractivity (Wildman–Crippen MR) is 87.7 cm³/mol. The summed E-state index contributed by atoms with van der Waals surface area (Å²) in [6, 6.07) is 7.90. The maximum Gasteiger partial charge on any atom is 0.258 e. The van der Waals surface area contributed by atoms with Gasteiger partial charge in [-0.3, -0.25) is 4.79 Å². The third-order valence-electron chi connectivity index (χ3n) is 3.58. The number of hydrogen-bond donors (Lipinski definition) is 2. The average Bonchev–Trinajstić information content (AvgIpc) is 2.57. The summed E-state index contributed by atoms with van der Waals surface area (Å²) >= 11 is 11.8. The van der Waals surface area contributed by atoms with Crippen LogP contribution in [0.2, 0.25) is 10.0 Å². The Morgan fingerprint density at radius 1 is 1.22 bits per heavy atom. The number of hydrogen-bond acceptors (Lipinski definition) is 4. The number of fused-ring (bicyclic) bond motifs is 1. The van der Waals surface area contributed by atoms with E-state index >= 15 is 0 Å². The van der Waals surface area contributed by atoms with E-state index in [-0.39, 0.29) is 33.9 Å². The average molecular weight is 354 g/mol. The standard InChI is InChI=1S/C16H13Cl2NO4/c17-11-6-10(7-12(18)15(11)21)16(22)19-3-4-23-14-2-1-9(8-20)5-13(14)19/h1-2,5-7,20-21H,3-4,8H2. The van der Waals surface area contributed by atoms with Gasteiger partial charge in [0.25, 0.3) is 5.91 Å². The summed E-state index contributed by atoms with van der Waals surface area (Å²) in [5, 5.41) is 18.9. The van der Waals surface area contributed by atoms with E-state index in [0.29, 0.717) is 30.2 Å². The van der Waals surface area contributed by atoms with Gasteiger partial charge in [0.2, 0.25) is 0 Å². The van der Waals surface area contributed by atoms with E-state index < -0.39 is 0 Å². The van der Waals surface area contributed by atoms with Crippen LogP contribution >= 0.6 is 23.2 Å². The lowest BCUT2D eigenvalue weighted by Gasteiger charge is -2.30. The molecule has 23 heavy (non-hydrogen) atoms. The molecule has 2 N–H and O–H groups in total. The van der Waals surface area contributed by atoms with Gasteiger partial charge in [-0.25, -0.2) is 0 Å². The molecular weight excluding hydrogens is 341 g/mol. The zero-order valence-corrected chi connectivity index (χ0v) is 13.4. The molecule has 0 saturated heterocycles. The van der Waals surface area contributed by atoms with Crippen LogP contribution in [-0.2, 0) is 6.61 Å². The van der Waals surface area contributed by atoms with Crippen molar-refractivity contribution in [2.45, 2.75) is 6.61 Å². The summed E-state index contributed by atoms with van der Waals surface area (Å²) in [6.45, 7) is 0.583. The molecule has 0 aliphatic carbocycles. The van der Waals surface area contributed by atoms with E-state index in [2.05, 4.69) is 0 Å².